The van der Waals surface area contributed by atoms with Gasteiger partial charge in [-0.15, -0.1) is 0 Å². The second-order valence-corrected chi connectivity index (χ2v) is 80.8. The maximum absolute atomic E-state index is 12.9. The summed E-state index contributed by atoms with van der Waals surface area (Å²) < 4.78 is 132. The topological polar surface area (TPSA) is 286 Å². The van der Waals surface area contributed by atoms with Gasteiger partial charge in [-0.05, 0) is 137 Å². The fourth-order valence-corrected chi connectivity index (χ4v) is 69.9. The van der Waals surface area contributed by atoms with E-state index >= 15 is 0 Å². The summed E-state index contributed by atoms with van der Waals surface area (Å²) in [6.45, 7) is 40.1. The monoisotopic (exact) mass is 1240 g/mol. The second-order valence-electron chi connectivity index (χ2n) is 22.9. The van der Waals surface area contributed by atoms with Crippen molar-refractivity contribution in [3.05, 3.63) is 0 Å². The Morgan fingerprint density at radius 1 is 0.333 bits per heavy atom. The lowest BCUT2D eigenvalue weighted by molar-refractivity contribution is -0.0965. The summed E-state index contributed by atoms with van der Waals surface area (Å²) in [4.78, 5) is 62.9. The minimum Gasteiger partial charge on any atom is -0.417 e. The van der Waals surface area contributed by atoms with Crippen LogP contribution >= 0.6 is 0 Å². The van der Waals surface area contributed by atoms with Crippen LogP contribution in [0.3, 0.4) is 0 Å². The number of fused-ring (bicyclic) bond motifs is 4. The fraction of sp³-hybridized carbons (Fsp3) is 1.00. The first-order valence-corrected chi connectivity index (χ1v) is 62.6. The molecule has 1 spiro atoms. The maximum Gasteiger partial charge on any atom is 0.659 e. The first-order valence-electron chi connectivity index (χ1n) is 21.3. The molecule has 0 radical (unpaired) electrons. The zero-order chi connectivity index (χ0) is 51.3. The number of hydrogen-bond acceptors (Lipinski definition) is 25. The van der Waals surface area contributed by atoms with E-state index in [-0.39, 0.29) is 6.04 Å². The molecule has 0 saturated carbocycles. The molecule has 0 aromatic carbocycles. The Balaban J connectivity index is 2.29. The summed E-state index contributed by atoms with van der Waals surface area (Å²) in [7, 11) is -75.4. The van der Waals surface area contributed by atoms with Crippen LogP contribution in [0.15, 0.2) is 0 Å². The van der Waals surface area contributed by atoms with Crippen LogP contribution in [0.2, 0.25) is 150 Å². The molecule has 4 rings (SSSR count). The van der Waals surface area contributed by atoms with E-state index in [0.29, 0.717) is 0 Å². The Labute approximate surface area is 408 Å². The van der Waals surface area contributed by atoms with Crippen LogP contribution < -0.4 is 0 Å². The quantitative estimate of drug-likeness (QED) is 0.147. The molecule has 4 heterocycles. The third kappa shape index (κ3) is 18.2. The molecular weight excluding hydrogens is 1170 g/mol. The molecule has 390 valence electrons. The van der Waals surface area contributed by atoms with E-state index in [1.165, 1.54) is 6.55 Å². The first-order chi connectivity index (χ1) is 28.7. The molecule has 4 saturated heterocycles. The lowest BCUT2D eigenvalue weighted by Gasteiger charge is -2.55. The van der Waals surface area contributed by atoms with Crippen molar-refractivity contribution in [2.45, 2.75) is 157 Å². The summed E-state index contributed by atoms with van der Waals surface area (Å²) >= 11 is 0. The minimum absolute atomic E-state index is 0.155. The zero-order valence-corrected chi connectivity index (χ0v) is 59.6. The van der Waals surface area contributed by atoms with Crippen LogP contribution in [-0.2, 0) is 82.3 Å². The van der Waals surface area contributed by atoms with E-state index in [1.54, 1.807) is 85.5 Å². The standard InChI is InChI=1S/C24H76O25Si17/c1-24-58(25)37-57(23,30-50(2,3)4)38-66-45-62(29)42-60(27,32-52(8,9)10)40-59(26,31-51(5,6)7)41-61(28,43-62)44-65(49-66,36-56(20,21)22)47-63(33-53(11,12)13,34-54(14,15)16)46-64(39-58,48-66)35-55(17,18)19/h25-29H,24H2,1-23H3. The van der Waals surface area contributed by atoms with Crippen molar-refractivity contribution in [2.75, 3.05) is 0 Å². The zero-order valence-electron chi connectivity index (χ0n) is 42.6. The molecule has 0 aromatic rings. The molecule has 9 atom stereocenters. The van der Waals surface area contributed by atoms with Gasteiger partial charge in [0.15, 0.2) is 58.2 Å². The molecule has 66 heavy (non-hydrogen) atoms. The van der Waals surface area contributed by atoms with Gasteiger partial charge in [0.25, 0.3) is 0 Å². The third-order valence-electron chi connectivity index (χ3n) is 7.01. The van der Waals surface area contributed by atoms with Crippen LogP contribution in [0.5, 0.6) is 0 Å². The molecular formula is C24H76O25Si17. The van der Waals surface area contributed by atoms with E-state index < -0.39 is 148 Å². The molecule has 42 heteroatoms. The molecule has 0 aliphatic carbocycles. The predicted octanol–water partition coefficient (Wildman–Crippen LogP) is 3.19. The van der Waals surface area contributed by atoms with Gasteiger partial charge >= 0.3 is 90.0 Å². The lowest BCUT2D eigenvalue weighted by Crippen LogP contribution is -2.87. The number of hydrogen-bond donors (Lipinski definition) is 5. The molecule has 25 nitrogen and oxygen atoms in total. The molecule has 4 aliphatic rings. The summed E-state index contributed by atoms with van der Waals surface area (Å²) in [5.74, 6) is 0. The van der Waals surface area contributed by atoms with Crippen molar-refractivity contribution >= 4 is 148 Å². The largest absolute Gasteiger partial charge is 0.659 e. The lowest BCUT2D eigenvalue weighted by atomic mass is 11.0. The molecule has 0 amide bonds. The predicted molar refractivity (Wildman–Crippen MR) is 270 cm³/mol. The smallest absolute Gasteiger partial charge is 0.417 e. The molecule has 5 bridgehead atoms. The Morgan fingerprint density at radius 3 is 1.03 bits per heavy atom. The van der Waals surface area contributed by atoms with Crippen molar-refractivity contribution in [3.8, 4) is 0 Å². The van der Waals surface area contributed by atoms with Crippen molar-refractivity contribution in [1.82, 2.24) is 0 Å². The normalized spacial score (nSPS) is 40.2. The van der Waals surface area contributed by atoms with Gasteiger partial charge in [-0.2, -0.15) is 0 Å². The molecule has 4 aliphatic heterocycles. The Kier molecular flexibility index (Phi) is 17.7. The highest BCUT2D eigenvalue weighted by molar-refractivity contribution is 7.00. The summed E-state index contributed by atoms with van der Waals surface area (Å²) in [5.41, 5.74) is 0. The van der Waals surface area contributed by atoms with Crippen LogP contribution in [0.1, 0.15) is 6.92 Å². The highest BCUT2D eigenvalue weighted by Crippen LogP contribution is 2.47. The van der Waals surface area contributed by atoms with Gasteiger partial charge in [0, 0.05) is 12.6 Å². The molecule has 4 fully saturated rings. The van der Waals surface area contributed by atoms with Crippen molar-refractivity contribution in [1.29, 1.82) is 0 Å². The third-order valence-corrected chi connectivity index (χ3v) is 60.4. The Hall–Kier alpha value is 2.69. The molecule has 0 aromatic heterocycles. The first kappa shape index (κ1) is 61.2. The summed E-state index contributed by atoms with van der Waals surface area (Å²) in [6, 6.07) is -0.155. The van der Waals surface area contributed by atoms with E-state index in [2.05, 4.69) is 0 Å². The van der Waals surface area contributed by atoms with Gasteiger partial charge < -0.3 is 106 Å². The summed E-state index contributed by atoms with van der Waals surface area (Å²) in [5, 5.41) is 0. The van der Waals surface area contributed by atoms with E-state index in [0.717, 1.165) is 0 Å². The van der Waals surface area contributed by atoms with Gasteiger partial charge in [0.05, 0.1) is 0 Å². The Morgan fingerprint density at radius 2 is 0.682 bits per heavy atom. The van der Waals surface area contributed by atoms with Crippen LogP contribution in [-0.4, -0.2) is 172 Å². The van der Waals surface area contributed by atoms with Gasteiger partial charge in [-0.25, -0.2) is 0 Å². The molecule has 9 unspecified atom stereocenters. The Bertz CT molecular complexity index is 1730. The average molecular weight is 1240 g/mol. The van der Waals surface area contributed by atoms with E-state index in [1.807, 2.05) is 58.9 Å². The van der Waals surface area contributed by atoms with Crippen molar-refractivity contribution in [2.24, 2.45) is 0 Å². The van der Waals surface area contributed by atoms with Crippen molar-refractivity contribution in [3.63, 3.8) is 0 Å². The highest BCUT2D eigenvalue weighted by Gasteiger charge is 2.86. The van der Waals surface area contributed by atoms with Crippen LogP contribution in [0.25, 0.3) is 0 Å². The van der Waals surface area contributed by atoms with E-state index in [9.17, 15) is 24.0 Å². The van der Waals surface area contributed by atoms with E-state index in [4.69, 9.17) is 82.3 Å². The fourth-order valence-electron chi connectivity index (χ4n) is 6.10. The second kappa shape index (κ2) is 19.1. The minimum atomic E-state index is -6.07. The SMILES string of the molecule is CC[Si]1(O)O[Si](C)(O[Si](C)(C)C)O[Si]23O[Si]4(O)O[Si](O)(O[Si](C)(C)C)O[Si](O)(O[Si](C)(C)C)O[Si](O)(O4)O[Si](O[Si](C)(C)C)(O[Si](O[Si](C)(C)C)(O[Si](C)(C)C)O[Si](O[Si](C)(C)C)(O1)O2)O3. The van der Waals surface area contributed by atoms with Gasteiger partial charge in [-0.3, -0.25) is 0 Å². The van der Waals surface area contributed by atoms with Gasteiger partial charge in [0.2, 0.25) is 0 Å². The van der Waals surface area contributed by atoms with Gasteiger partial charge in [0.1, 0.15) is 0 Å². The maximum atomic E-state index is 12.9. The summed E-state index contributed by atoms with van der Waals surface area (Å²) in [6.07, 6.45) is 0. The highest BCUT2D eigenvalue weighted by atomic mass is 28.7. The molecule has 5 N–H and O–H groups in total. The van der Waals surface area contributed by atoms with Crippen molar-refractivity contribution < 1.29 is 106 Å². The average Bonchev–Trinajstić information content (AvgIpc) is 2.84. The van der Waals surface area contributed by atoms with Crippen LogP contribution in [0, 0.1) is 0 Å². The van der Waals surface area contributed by atoms with Crippen LogP contribution in [0.4, 0.5) is 0 Å². The number of rotatable bonds is 15. The van der Waals surface area contributed by atoms with Gasteiger partial charge in [-0.1, -0.05) is 6.92 Å².